The normalized spacial score (nSPS) is 14.7. The van der Waals surface area contributed by atoms with Crippen LogP contribution in [0.4, 0.5) is 0 Å². The molecule has 0 aromatic heterocycles. The number of ether oxygens (including phenoxy) is 2. The van der Waals surface area contributed by atoms with E-state index in [2.05, 4.69) is 0 Å². The van der Waals surface area contributed by atoms with Crippen LogP contribution in [0, 0.1) is 0 Å². The van der Waals surface area contributed by atoms with E-state index in [9.17, 15) is 14.4 Å². The van der Waals surface area contributed by atoms with Gasteiger partial charge in [0.2, 0.25) is 5.91 Å². The lowest BCUT2D eigenvalue weighted by atomic mass is 9.92. The van der Waals surface area contributed by atoms with E-state index in [1.54, 1.807) is 45.0 Å². The van der Waals surface area contributed by atoms with Gasteiger partial charge in [0.05, 0.1) is 0 Å². The molecule has 1 aromatic rings. The summed E-state index contributed by atoms with van der Waals surface area (Å²) in [6.45, 7) is 5.18. The number of carbonyl (C=O) groups excluding carboxylic acids is 3. The predicted molar refractivity (Wildman–Crippen MR) is 100 cm³/mol. The second-order valence-corrected chi connectivity index (χ2v) is 7.43. The molecule has 150 valence electrons. The Morgan fingerprint density at radius 1 is 1.11 bits per heavy atom. The van der Waals surface area contributed by atoms with E-state index in [0.29, 0.717) is 0 Å². The number of esters is 2. The Morgan fingerprint density at radius 3 is 2.22 bits per heavy atom. The Hall–Kier alpha value is -2.45. The van der Waals surface area contributed by atoms with Crippen LogP contribution in [0.25, 0.3) is 0 Å². The van der Waals surface area contributed by atoms with Gasteiger partial charge in [-0.15, -0.1) is 0 Å². The van der Waals surface area contributed by atoms with Crippen molar-refractivity contribution < 1.29 is 23.9 Å². The van der Waals surface area contributed by atoms with E-state index in [-0.39, 0.29) is 25.9 Å². The number of carbonyl (C=O) groups is 3. The molecule has 1 aromatic carbocycles. The minimum absolute atomic E-state index is 0.0245. The van der Waals surface area contributed by atoms with Crippen LogP contribution in [-0.2, 0) is 30.5 Å². The SMILES string of the molecule is CC(C)(C)OC(=O)C(N)CCC[C@](N)(C(N)=O)C(=O)OCc1ccccc1. The smallest absolute Gasteiger partial charge is 0.336 e. The molecule has 2 atom stereocenters. The molecule has 0 spiro atoms. The number of hydrogen-bond acceptors (Lipinski definition) is 7. The zero-order chi connectivity index (χ0) is 20.7. The first-order valence-electron chi connectivity index (χ1n) is 8.74. The van der Waals surface area contributed by atoms with Crippen LogP contribution in [0.5, 0.6) is 0 Å². The van der Waals surface area contributed by atoms with E-state index < -0.39 is 35.0 Å². The van der Waals surface area contributed by atoms with E-state index >= 15 is 0 Å². The molecule has 0 aliphatic rings. The Balaban J connectivity index is 2.59. The highest BCUT2D eigenvalue weighted by Crippen LogP contribution is 2.17. The Morgan fingerprint density at radius 2 is 1.70 bits per heavy atom. The zero-order valence-corrected chi connectivity index (χ0v) is 16.1. The van der Waals surface area contributed by atoms with E-state index in [1.807, 2.05) is 6.07 Å². The van der Waals surface area contributed by atoms with Crippen molar-refractivity contribution in [1.29, 1.82) is 0 Å². The van der Waals surface area contributed by atoms with Crippen molar-refractivity contribution in [2.24, 2.45) is 17.2 Å². The van der Waals surface area contributed by atoms with Crippen LogP contribution in [0.3, 0.4) is 0 Å². The maximum Gasteiger partial charge on any atom is 0.336 e. The molecule has 27 heavy (non-hydrogen) atoms. The molecular formula is C19H29N3O5. The molecule has 1 amide bonds. The standard InChI is InChI=1S/C19H29N3O5/c1-18(2,3)27-15(23)14(20)10-7-11-19(22,16(21)24)17(25)26-12-13-8-5-4-6-9-13/h4-6,8-9,14H,7,10-12,20,22H2,1-3H3,(H2,21,24)/t14?,19-/m0/s1. The topological polar surface area (TPSA) is 148 Å². The molecule has 8 heteroatoms. The number of rotatable bonds is 9. The van der Waals surface area contributed by atoms with Gasteiger partial charge in [-0.25, -0.2) is 4.79 Å². The fourth-order valence-electron chi connectivity index (χ4n) is 2.27. The predicted octanol–water partition coefficient (Wildman–Crippen LogP) is 0.752. The molecule has 0 radical (unpaired) electrons. The van der Waals surface area contributed by atoms with Crippen LogP contribution in [0.1, 0.15) is 45.6 Å². The van der Waals surface area contributed by atoms with Crippen LogP contribution in [0.15, 0.2) is 30.3 Å². The van der Waals surface area contributed by atoms with Gasteiger partial charge in [-0.3, -0.25) is 9.59 Å². The largest absolute Gasteiger partial charge is 0.459 e. The van der Waals surface area contributed by atoms with Gasteiger partial charge >= 0.3 is 11.9 Å². The van der Waals surface area contributed by atoms with E-state index in [1.165, 1.54) is 0 Å². The summed E-state index contributed by atoms with van der Waals surface area (Å²) in [5.74, 6) is -2.47. The molecule has 0 aliphatic heterocycles. The van der Waals surface area contributed by atoms with Crippen LogP contribution in [0.2, 0.25) is 0 Å². The second-order valence-electron chi connectivity index (χ2n) is 7.43. The fraction of sp³-hybridized carbons (Fsp3) is 0.526. The van der Waals surface area contributed by atoms with Gasteiger partial charge in [0.1, 0.15) is 18.2 Å². The van der Waals surface area contributed by atoms with Crippen molar-refractivity contribution in [3.63, 3.8) is 0 Å². The summed E-state index contributed by atoms with van der Waals surface area (Å²) < 4.78 is 10.3. The Kier molecular flexibility index (Phi) is 7.93. The van der Waals surface area contributed by atoms with Crippen molar-refractivity contribution in [3.05, 3.63) is 35.9 Å². The molecule has 0 heterocycles. The first-order valence-corrected chi connectivity index (χ1v) is 8.74. The average molecular weight is 379 g/mol. The van der Waals surface area contributed by atoms with Crippen molar-refractivity contribution in [3.8, 4) is 0 Å². The summed E-state index contributed by atoms with van der Waals surface area (Å²) >= 11 is 0. The summed E-state index contributed by atoms with van der Waals surface area (Å²) in [5.41, 5.74) is 15.1. The number of amides is 1. The first-order chi connectivity index (χ1) is 12.5. The van der Waals surface area contributed by atoms with Gasteiger partial charge in [0.15, 0.2) is 5.54 Å². The summed E-state index contributed by atoms with van der Waals surface area (Å²) in [6, 6.07) is 8.08. The summed E-state index contributed by atoms with van der Waals surface area (Å²) in [7, 11) is 0. The lowest BCUT2D eigenvalue weighted by Gasteiger charge is -2.25. The third kappa shape index (κ3) is 7.36. The molecule has 0 aliphatic carbocycles. The molecule has 1 rings (SSSR count). The number of hydrogen-bond donors (Lipinski definition) is 3. The molecule has 0 saturated carbocycles. The van der Waals surface area contributed by atoms with Gasteiger partial charge < -0.3 is 26.7 Å². The molecule has 1 unspecified atom stereocenters. The van der Waals surface area contributed by atoms with Crippen LogP contribution >= 0.6 is 0 Å². The third-order valence-corrected chi connectivity index (χ3v) is 3.81. The van der Waals surface area contributed by atoms with Gasteiger partial charge in [-0.05, 0) is 45.6 Å². The summed E-state index contributed by atoms with van der Waals surface area (Å²) in [6.07, 6.45) is 0.319. The Labute approximate surface area is 159 Å². The quantitative estimate of drug-likeness (QED) is 0.423. The van der Waals surface area contributed by atoms with E-state index in [4.69, 9.17) is 26.7 Å². The average Bonchev–Trinajstić information content (AvgIpc) is 2.58. The second kappa shape index (κ2) is 9.48. The summed E-state index contributed by atoms with van der Waals surface area (Å²) in [5, 5.41) is 0. The first kappa shape index (κ1) is 22.6. The highest BCUT2D eigenvalue weighted by atomic mass is 16.6. The van der Waals surface area contributed by atoms with Crippen LogP contribution in [-0.4, -0.2) is 35.0 Å². The van der Waals surface area contributed by atoms with Crippen molar-refractivity contribution in [2.75, 3.05) is 0 Å². The molecule has 6 N–H and O–H groups in total. The van der Waals surface area contributed by atoms with Crippen molar-refractivity contribution >= 4 is 17.8 Å². The lowest BCUT2D eigenvalue weighted by molar-refractivity contribution is -0.156. The highest BCUT2D eigenvalue weighted by molar-refractivity contribution is 6.06. The number of benzene rings is 1. The minimum atomic E-state index is -1.98. The highest BCUT2D eigenvalue weighted by Gasteiger charge is 2.42. The molecule has 0 saturated heterocycles. The van der Waals surface area contributed by atoms with Crippen molar-refractivity contribution in [1.82, 2.24) is 0 Å². The van der Waals surface area contributed by atoms with Crippen LogP contribution < -0.4 is 17.2 Å². The number of primary amides is 1. The van der Waals surface area contributed by atoms with Gasteiger partial charge in [0.25, 0.3) is 0 Å². The van der Waals surface area contributed by atoms with Gasteiger partial charge in [-0.2, -0.15) is 0 Å². The van der Waals surface area contributed by atoms with Crippen molar-refractivity contribution in [2.45, 2.75) is 63.8 Å². The zero-order valence-electron chi connectivity index (χ0n) is 16.1. The monoisotopic (exact) mass is 379 g/mol. The third-order valence-electron chi connectivity index (χ3n) is 3.81. The van der Waals surface area contributed by atoms with Gasteiger partial charge in [0, 0.05) is 0 Å². The Bertz CT molecular complexity index is 657. The lowest BCUT2D eigenvalue weighted by Crippen LogP contribution is -2.59. The minimum Gasteiger partial charge on any atom is -0.459 e. The number of nitrogens with two attached hydrogens (primary N) is 3. The molecular weight excluding hydrogens is 350 g/mol. The molecule has 0 bridgehead atoms. The van der Waals surface area contributed by atoms with Gasteiger partial charge in [-0.1, -0.05) is 30.3 Å². The molecule has 8 nitrogen and oxygen atoms in total. The fourth-order valence-corrected chi connectivity index (χ4v) is 2.27. The maximum atomic E-state index is 12.3. The maximum absolute atomic E-state index is 12.3. The summed E-state index contributed by atoms with van der Waals surface area (Å²) in [4.78, 5) is 35.9. The molecule has 0 fully saturated rings. The van der Waals surface area contributed by atoms with E-state index in [0.717, 1.165) is 5.56 Å².